The van der Waals surface area contributed by atoms with Crippen LogP contribution >= 0.6 is 11.6 Å². The summed E-state index contributed by atoms with van der Waals surface area (Å²) in [7, 11) is 0. The Bertz CT molecular complexity index is 782. The van der Waals surface area contributed by atoms with E-state index in [1.165, 1.54) is 11.0 Å². The van der Waals surface area contributed by atoms with Crippen LogP contribution in [0.25, 0.3) is 0 Å². The molecule has 0 saturated carbocycles. The molecule has 4 nitrogen and oxygen atoms in total. The molecular formula is C20H22ClFN2O2. The zero-order chi connectivity index (χ0) is 19.1. The van der Waals surface area contributed by atoms with Gasteiger partial charge in [0.25, 0.3) is 0 Å². The van der Waals surface area contributed by atoms with E-state index in [4.69, 9.17) is 11.6 Å². The molecule has 1 atom stereocenters. The molecule has 2 rings (SSSR count). The van der Waals surface area contributed by atoms with Crippen molar-refractivity contribution in [2.75, 3.05) is 6.54 Å². The zero-order valence-electron chi connectivity index (χ0n) is 14.8. The first-order chi connectivity index (χ1) is 12.4. The van der Waals surface area contributed by atoms with Gasteiger partial charge in [0.1, 0.15) is 11.9 Å². The first-order valence-electron chi connectivity index (χ1n) is 8.48. The van der Waals surface area contributed by atoms with Crippen LogP contribution in [0.1, 0.15) is 25.0 Å². The highest BCUT2D eigenvalue weighted by Crippen LogP contribution is 2.19. The van der Waals surface area contributed by atoms with E-state index < -0.39 is 11.9 Å². The Balaban J connectivity index is 2.27. The maximum absolute atomic E-state index is 14.1. The maximum atomic E-state index is 14.1. The third kappa shape index (κ3) is 5.05. The quantitative estimate of drug-likeness (QED) is 0.803. The number of nitrogens with zero attached hydrogens (tertiary/aromatic N) is 1. The Morgan fingerprint density at radius 1 is 1.12 bits per heavy atom. The molecule has 26 heavy (non-hydrogen) atoms. The lowest BCUT2D eigenvalue weighted by Gasteiger charge is -2.29. The second-order valence-corrected chi connectivity index (χ2v) is 6.36. The monoisotopic (exact) mass is 376 g/mol. The van der Waals surface area contributed by atoms with Crippen molar-refractivity contribution >= 4 is 23.4 Å². The minimum absolute atomic E-state index is 0.00819. The van der Waals surface area contributed by atoms with Crippen molar-refractivity contribution in [2.45, 2.75) is 32.9 Å². The van der Waals surface area contributed by atoms with E-state index in [0.29, 0.717) is 22.7 Å². The van der Waals surface area contributed by atoms with Crippen LogP contribution in [0.4, 0.5) is 4.39 Å². The van der Waals surface area contributed by atoms with Gasteiger partial charge in [0, 0.05) is 23.7 Å². The van der Waals surface area contributed by atoms with Crippen molar-refractivity contribution in [1.29, 1.82) is 0 Å². The summed E-state index contributed by atoms with van der Waals surface area (Å²) in [5.74, 6) is -0.984. The van der Waals surface area contributed by atoms with Crippen LogP contribution in [0.3, 0.4) is 0 Å². The third-order valence-corrected chi connectivity index (χ3v) is 4.49. The highest BCUT2D eigenvalue weighted by Gasteiger charge is 2.27. The lowest BCUT2D eigenvalue weighted by atomic mass is 10.1. The predicted molar refractivity (Wildman–Crippen MR) is 100 cm³/mol. The normalized spacial score (nSPS) is 11.7. The molecule has 0 heterocycles. The fraction of sp³-hybridized carbons (Fsp3) is 0.300. The van der Waals surface area contributed by atoms with Gasteiger partial charge in [0.15, 0.2) is 0 Å². The fourth-order valence-electron chi connectivity index (χ4n) is 2.62. The molecule has 2 amide bonds. The number of hydrogen-bond acceptors (Lipinski definition) is 2. The number of carbonyl (C=O) groups excluding carboxylic acids is 2. The van der Waals surface area contributed by atoms with Crippen LogP contribution in [-0.4, -0.2) is 29.3 Å². The van der Waals surface area contributed by atoms with E-state index in [1.54, 1.807) is 56.3 Å². The van der Waals surface area contributed by atoms with Crippen molar-refractivity contribution in [1.82, 2.24) is 10.2 Å². The van der Waals surface area contributed by atoms with E-state index in [0.717, 1.165) is 0 Å². The summed E-state index contributed by atoms with van der Waals surface area (Å²) >= 11 is 6.14. The second kappa shape index (κ2) is 9.34. The highest BCUT2D eigenvalue weighted by atomic mass is 35.5. The first-order valence-corrected chi connectivity index (χ1v) is 8.85. The third-order valence-electron chi connectivity index (χ3n) is 4.12. The van der Waals surface area contributed by atoms with Crippen molar-refractivity contribution in [3.8, 4) is 0 Å². The van der Waals surface area contributed by atoms with Gasteiger partial charge in [-0.3, -0.25) is 9.59 Å². The number of amides is 2. The van der Waals surface area contributed by atoms with Gasteiger partial charge in [-0.1, -0.05) is 48.0 Å². The Hall–Kier alpha value is -2.40. The molecule has 0 aliphatic rings. The van der Waals surface area contributed by atoms with Crippen molar-refractivity contribution < 1.29 is 14.0 Å². The summed E-state index contributed by atoms with van der Waals surface area (Å²) in [5.41, 5.74) is 1.02. The molecular weight excluding hydrogens is 355 g/mol. The molecule has 2 aromatic carbocycles. The highest BCUT2D eigenvalue weighted by molar-refractivity contribution is 6.31. The largest absolute Gasteiger partial charge is 0.355 e. The van der Waals surface area contributed by atoms with Gasteiger partial charge in [-0.25, -0.2) is 4.39 Å². The van der Waals surface area contributed by atoms with Gasteiger partial charge >= 0.3 is 0 Å². The van der Waals surface area contributed by atoms with Crippen molar-refractivity contribution in [3.63, 3.8) is 0 Å². The number of carbonyl (C=O) groups is 2. The molecule has 1 N–H and O–H groups in total. The van der Waals surface area contributed by atoms with Crippen LogP contribution in [0, 0.1) is 5.82 Å². The minimum Gasteiger partial charge on any atom is -0.355 e. The molecule has 0 bridgehead atoms. The van der Waals surface area contributed by atoms with Gasteiger partial charge in [-0.2, -0.15) is 0 Å². The van der Waals surface area contributed by atoms with Crippen LogP contribution in [0.2, 0.25) is 5.02 Å². The van der Waals surface area contributed by atoms with Gasteiger partial charge in [-0.15, -0.1) is 0 Å². The van der Waals surface area contributed by atoms with Crippen LogP contribution in [0.5, 0.6) is 0 Å². The zero-order valence-corrected chi connectivity index (χ0v) is 15.6. The number of benzene rings is 2. The Morgan fingerprint density at radius 3 is 2.35 bits per heavy atom. The minimum atomic E-state index is -0.732. The maximum Gasteiger partial charge on any atom is 0.242 e. The van der Waals surface area contributed by atoms with E-state index >= 15 is 0 Å². The molecule has 0 aliphatic carbocycles. The van der Waals surface area contributed by atoms with Crippen LogP contribution < -0.4 is 5.32 Å². The Kier molecular flexibility index (Phi) is 7.16. The Labute approximate surface area is 158 Å². The first kappa shape index (κ1) is 19.9. The predicted octanol–water partition coefficient (Wildman–Crippen LogP) is 3.58. The standard InChI is InChI=1S/C20H22ClFN2O2/c1-3-23-20(26)14(2)24(13-16-9-5-7-11-18(16)22)19(25)12-15-8-4-6-10-17(15)21/h4-11,14H,3,12-13H2,1-2H3,(H,23,26)/t14-/m0/s1. The molecule has 0 aromatic heterocycles. The van der Waals surface area contributed by atoms with Crippen molar-refractivity contribution in [3.05, 3.63) is 70.5 Å². The van der Waals surface area contributed by atoms with Gasteiger partial charge in [-0.05, 0) is 31.5 Å². The number of rotatable bonds is 7. The fourth-order valence-corrected chi connectivity index (χ4v) is 2.82. The molecule has 0 unspecified atom stereocenters. The molecule has 0 spiro atoms. The van der Waals surface area contributed by atoms with E-state index in [9.17, 15) is 14.0 Å². The number of halogens is 2. The average Bonchev–Trinajstić information content (AvgIpc) is 2.62. The molecule has 0 saturated heterocycles. The van der Waals surface area contributed by atoms with Crippen LogP contribution in [0.15, 0.2) is 48.5 Å². The smallest absolute Gasteiger partial charge is 0.242 e. The van der Waals surface area contributed by atoms with E-state index in [1.807, 2.05) is 0 Å². The Morgan fingerprint density at radius 2 is 1.73 bits per heavy atom. The number of nitrogens with one attached hydrogen (secondary N) is 1. The molecule has 0 fully saturated rings. The van der Waals surface area contributed by atoms with Gasteiger partial charge in [0.2, 0.25) is 11.8 Å². The molecule has 0 radical (unpaired) electrons. The summed E-state index contributed by atoms with van der Waals surface area (Å²) in [6, 6.07) is 12.5. The lowest BCUT2D eigenvalue weighted by molar-refractivity contribution is -0.140. The van der Waals surface area contributed by atoms with Crippen LogP contribution in [-0.2, 0) is 22.6 Å². The number of likely N-dealkylation sites (N-methyl/N-ethyl adjacent to an activating group) is 1. The number of hydrogen-bond donors (Lipinski definition) is 1. The van der Waals surface area contributed by atoms with Gasteiger partial charge < -0.3 is 10.2 Å². The molecule has 6 heteroatoms. The summed E-state index contributed by atoms with van der Waals surface area (Å²) in [5, 5.41) is 3.19. The summed E-state index contributed by atoms with van der Waals surface area (Å²) < 4.78 is 14.1. The van der Waals surface area contributed by atoms with E-state index in [-0.39, 0.29) is 24.8 Å². The SMILES string of the molecule is CCNC(=O)[C@H](C)N(Cc1ccccc1F)C(=O)Cc1ccccc1Cl. The summed E-state index contributed by atoms with van der Waals surface area (Å²) in [6.45, 7) is 3.90. The summed E-state index contributed by atoms with van der Waals surface area (Å²) in [6.07, 6.45) is 0.0396. The molecule has 0 aliphatic heterocycles. The summed E-state index contributed by atoms with van der Waals surface area (Å²) in [4.78, 5) is 26.5. The van der Waals surface area contributed by atoms with Gasteiger partial charge in [0.05, 0.1) is 6.42 Å². The molecule has 138 valence electrons. The topological polar surface area (TPSA) is 49.4 Å². The second-order valence-electron chi connectivity index (χ2n) is 5.95. The molecule has 2 aromatic rings. The lowest BCUT2D eigenvalue weighted by Crippen LogP contribution is -2.48. The van der Waals surface area contributed by atoms with Crippen molar-refractivity contribution in [2.24, 2.45) is 0 Å². The average molecular weight is 377 g/mol. The van der Waals surface area contributed by atoms with E-state index in [2.05, 4.69) is 5.32 Å².